The standard InChI is InChI=1S/C67H118N5O50P/c1-19-37(86)47(96)51(100)63(109-19)105-17-26(85)54(38(87)25(69-20(2)80)8-68-6-7-107-123(103,104)108-16-24(84)9-73)117-61-35(71-22(4)82)45(94)56(32(15-79)114-61)119-65-53(102)57(43(92)33(116-65)18-106-66-58(49(98)41(90)29(12-76)112-66)121-60-34(70-21(3)81)44(93)39(88)27(10-74)110-60)120-67-59(50(99)42(91)30(13-77)113-67)122-62-36(72-23(5)83)46(95)55(31(14-78)115-62)118-64-52(101)48(97)40(89)28(11-75)111-64/h19,24-68,73-79,84-102H,6-18H2,1-5H3,(H,69,80)(H,70,81)(H,71,82)(H,72,83)(H,103,104)/t19-,24?,25-,26+,27+,28+,29+,30+,31+,32+,33+,34+,35+,36+,37+,38+,39+,40-,41+,42+,43+,44+,45+,46+,47+,48-,49-,50-,51-,52+,53-,54+,55+,56+,57-,58-,59-,60-,61-,62-,63+,64-,65-,66-,67+/m0/s1. The Morgan fingerprint density at radius 1 is 0.382 bits per heavy atom. The van der Waals surface area contributed by atoms with E-state index in [1.165, 1.54) is 6.92 Å². The third kappa shape index (κ3) is 26.1. The van der Waals surface area contributed by atoms with Crippen LogP contribution in [-0.2, 0) is 109 Å². The van der Waals surface area contributed by atoms with Crippen molar-refractivity contribution in [1.29, 1.82) is 0 Å². The number of aliphatic hydroxyl groups excluding tert-OH is 26. The number of ether oxygens (including phenoxy) is 16. The average Bonchev–Trinajstić information content (AvgIpc) is 0.766. The van der Waals surface area contributed by atoms with Crippen LogP contribution in [0, 0.1) is 0 Å². The number of hydrogen-bond acceptors (Lipinski definition) is 50. The molecule has 0 radical (unpaired) electrons. The molecule has 4 amide bonds. The Balaban J connectivity index is 1.16. The summed E-state index contributed by atoms with van der Waals surface area (Å²) in [7, 11) is -4.89. The van der Waals surface area contributed by atoms with Crippen LogP contribution in [0.3, 0.4) is 0 Å². The Bertz CT molecular complexity index is 3280. The second-order valence-corrected chi connectivity index (χ2v) is 31.9. The van der Waals surface area contributed by atoms with E-state index in [9.17, 15) is 156 Å². The van der Waals surface area contributed by atoms with Crippen molar-refractivity contribution in [1.82, 2.24) is 26.6 Å². The highest BCUT2D eigenvalue weighted by Gasteiger charge is 2.60. The zero-order chi connectivity index (χ0) is 91.2. The topological polar surface area (TPSA) is 858 Å². The SMILES string of the molecule is CC(=O)N[C@H]1[C@H](O[C@@H]([C@H](O)[C@H](CNCCOP(=O)(O)OCC(O)CO)NC(C)=O)[C@H](O)CO[C@@H]2O[C@@H](C)[C@@H](O)[C@@H](O)[C@@H]2O)O[C@H](CO)[C@@H](O[C@@H]2O[C@H](CO[C@H]3O[C@H](CO)[C@@H](O)[C@H](O)[C@@H]3O[C@@H]3O[C@H](CO)[C@@H](O)[C@H](O)[C@H]3NC(C)=O)[C@@H](O)[C@H](O[C@H]3O[C@H](CO)[C@@H](O)[C@H](O)[C@@H]3O[C@@H]3O[C@H](CO)[C@@H](O[C@@H]4O[C@H](CO)[C@H](O)[C@H](O)[C@H]4O)[C@H](O)[C@H]3NC(C)=O)[C@@H]2O)[C@@H]1O. The van der Waals surface area contributed by atoms with Gasteiger partial charge in [0.15, 0.2) is 50.3 Å². The third-order valence-corrected chi connectivity index (χ3v) is 22.3. The first-order valence-electron chi connectivity index (χ1n) is 39.0. The van der Waals surface area contributed by atoms with Crippen molar-refractivity contribution in [2.45, 2.75) is 311 Å². The number of carbonyl (C=O) groups excluding carboxylic acids is 4. The van der Waals surface area contributed by atoms with Gasteiger partial charge in [0.2, 0.25) is 23.6 Å². The van der Waals surface area contributed by atoms with Crippen molar-refractivity contribution in [2.24, 2.45) is 0 Å². The van der Waals surface area contributed by atoms with Gasteiger partial charge in [0, 0.05) is 40.8 Å². The van der Waals surface area contributed by atoms with Crippen LogP contribution in [0.4, 0.5) is 0 Å². The van der Waals surface area contributed by atoms with Crippen molar-refractivity contribution < 1.29 is 246 Å². The maximum atomic E-state index is 13.4. The first-order valence-corrected chi connectivity index (χ1v) is 40.5. The summed E-state index contributed by atoms with van der Waals surface area (Å²) in [6, 6.07) is -7.55. The van der Waals surface area contributed by atoms with Crippen LogP contribution in [0.2, 0.25) is 0 Å². The number of hydrogen-bond donors (Lipinski definition) is 32. The number of carbonyl (C=O) groups is 4. The van der Waals surface area contributed by atoms with E-state index in [0.29, 0.717) is 0 Å². The highest BCUT2D eigenvalue weighted by Crippen LogP contribution is 2.44. The number of amides is 4. The second kappa shape index (κ2) is 47.4. The Hall–Kier alpha value is -3.73. The van der Waals surface area contributed by atoms with Crippen LogP contribution in [0.25, 0.3) is 0 Å². The molecule has 8 aliphatic rings. The van der Waals surface area contributed by atoms with Gasteiger partial charge in [-0.15, -0.1) is 0 Å². The molecule has 0 saturated carbocycles. The van der Waals surface area contributed by atoms with Gasteiger partial charge in [-0.2, -0.15) is 0 Å². The van der Waals surface area contributed by atoms with Gasteiger partial charge in [0.1, 0.15) is 213 Å². The van der Waals surface area contributed by atoms with E-state index in [1.807, 2.05) is 0 Å². The van der Waals surface area contributed by atoms with Crippen LogP contribution in [0.1, 0.15) is 34.6 Å². The van der Waals surface area contributed by atoms with Gasteiger partial charge in [0.25, 0.3) is 0 Å². The van der Waals surface area contributed by atoms with Crippen molar-refractivity contribution in [3.8, 4) is 0 Å². The third-order valence-electron chi connectivity index (χ3n) is 21.3. The minimum atomic E-state index is -4.89. The molecule has 8 aliphatic heterocycles. The molecule has 716 valence electrons. The van der Waals surface area contributed by atoms with E-state index in [1.54, 1.807) is 0 Å². The summed E-state index contributed by atoms with van der Waals surface area (Å²) in [6.07, 6.45) is -86.2. The molecule has 32 N–H and O–H groups in total. The van der Waals surface area contributed by atoms with Crippen LogP contribution in [0.5, 0.6) is 0 Å². The van der Waals surface area contributed by atoms with Crippen LogP contribution >= 0.6 is 7.82 Å². The van der Waals surface area contributed by atoms with Gasteiger partial charge in [-0.05, 0) is 6.92 Å². The molecule has 56 heteroatoms. The highest BCUT2D eigenvalue weighted by atomic mass is 31.2. The lowest BCUT2D eigenvalue weighted by atomic mass is 9.94. The van der Waals surface area contributed by atoms with Gasteiger partial charge in [-0.25, -0.2) is 4.57 Å². The average molecular weight is 1820 g/mol. The minimum Gasteiger partial charge on any atom is -0.394 e. The number of phosphoric ester groups is 1. The molecule has 8 rings (SSSR count). The molecule has 2 unspecified atom stereocenters. The van der Waals surface area contributed by atoms with Crippen molar-refractivity contribution >= 4 is 31.5 Å². The summed E-state index contributed by atoms with van der Waals surface area (Å²) in [4.78, 5) is 61.8. The maximum Gasteiger partial charge on any atom is 0.472 e. The number of nitrogens with one attached hydrogen (secondary N) is 5. The lowest BCUT2D eigenvalue weighted by molar-refractivity contribution is -0.398. The van der Waals surface area contributed by atoms with Crippen LogP contribution in [-0.4, -0.2) is 523 Å². The van der Waals surface area contributed by atoms with Crippen molar-refractivity contribution in [2.75, 3.05) is 85.8 Å². The summed E-state index contributed by atoms with van der Waals surface area (Å²) in [5, 5.41) is 300. The van der Waals surface area contributed by atoms with Gasteiger partial charge >= 0.3 is 7.82 Å². The largest absolute Gasteiger partial charge is 0.472 e. The normalized spacial score (nSPS) is 43.7. The molecule has 0 aliphatic carbocycles. The quantitative estimate of drug-likeness (QED) is 0.0200. The Kier molecular flexibility index (Phi) is 40.3. The predicted molar refractivity (Wildman–Crippen MR) is 385 cm³/mol. The smallest absolute Gasteiger partial charge is 0.394 e. The fraction of sp³-hybridized carbons (Fsp3) is 0.940. The Morgan fingerprint density at radius 2 is 0.789 bits per heavy atom. The maximum absolute atomic E-state index is 13.4. The number of rotatable bonds is 41. The number of phosphoric acid groups is 1. The minimum absolute atomic E-state index is 0.410. The molecule has 123 heavy (non-hydrogen) atoms. The molecule has 8 saturated heterocycles. The summed E-state index contributed by atoms with van der Waals surface area (Å²) in [6.45, 7) is -7.43. The van der Waals surface area contributed by atoms with E-state index in [4.69, 9.17) is 85.4 Å². The van der Waals surface area contributed by atoms with Crippen molar-refractivity contribution in [3.05, 3.63) is 0 Å². The van der Waals surface area contributed by atoms with Gasteiger partial charge in [-0.3, -0.25) is 28.2 Å². The lowest BCUT2D eigenvalue weighted by Gasteiger charge is -2.51. The summed E-state index contributed by atoms with van der Waals surface area (Å²) in [5.74, 6) is -3.78. The molecule has 0 aromatic carbocycles. The Morgan fingerprint density at radius 3 is 1.29 bits per heavy atom. The van der Waals surface area contributed by atoms with Gasteiger partial charge in [0.05, 0.1) is 84.8 Å². The summed E-state index contributed by atoms with van der Waals surface area (Å²) in [5.41, 5.74) is 0. The van der Waals surface area contributed by atoms with Gasteiger partial charge < -0.3 is 240 Å². The van der Waals surface area contributed by atoms with E-state index in [0.717, 1.165) is 27.7 Å². The van der Waals surface area contributed by atoms with E-state index >= 15 is 0 Å². The van der Waals surface area contributed by atoms with Crippen molar-refractivity contribution in [3.63, 3.8) is 0 Å². The molecule has 8 heterocycles. The van der Waals surface area contributed by atoms with Crippen LogP contribution in [0.15, 0.2) is 0 Å². The molecule has 0 spiro atoms. The van der Waals surface area contributed by atoms with Crippen LogP contribution < -0.4 is 26.6 Å². The molecule has 0 bridgehead atoms. The Labute approximate surface area is 698 Å². The molecule has 46 atom stereocenters. The van der Waals surface area contributed by atoms with E-state index in [2.05, 4.69) is 31.1 Å². The molecule has 8 fully saturated rings. The first kappa shape index (κ1) is 105. The molecular formula is C67H118N5O50P. The lowest BCUT2D eigenvalue weighted by Crippen LogP contribution is -2.70. The van der Waals surface area contributed by atoms with E-state index in [-0.39, 0.29) is 0 Å². The monoisotopic (exact) mass is 1820 g/mol. The molecular weight excluding hydrogens is 1710 g/mol. The first-order chi connectivity index (χ1) is 58.0. The zero-order valence-corrected chi connectivity index (χ0v) is 67.5. The highest BCUT2D eigenvalue weighted by molar-refractivity contribution is 7.47. The number of aliphatic hydroxyl groups is 26. The molecule has 0 aromatic heterocycles. The fourth-order valence-corrected chi connectivity index (χ4v) is 15.4. The molecule has 0 aromatic rings. The second-order valence-electron chi connectivity index (χ2n) is 30.4. The van der Waals surface area contributed by atoms with E-state index < -0.39 is 393 Å². The zero-order valence-electron chi connectivity index (χ0n) is 66.6. The predicted octanol–water partition coefficient (Wildman–Crippen LogP) is -20.3. The fourth-order valence-electron chi connectivity index (χ4n) is 14.7. The van der Waals surface area contributed by atoms with Gasteiger partial charge in [-0.1, -0.05) is 0 Å². The summed E-state index contributed by atoms with van der Waals surface area (Å²) >= 11 is 0. The molecule has 55 nitrogen and oxygen atoms in total. The summed E-state index contributed by atoms with van der Waals surface area (Å²) < 4.78 is 117.